The summed E-state index contributed by atoms with van der Waals surface area (Å²) in [5, 5.41) is 3.44. The van der Waals surface area contributed by atoms with E-state index in [9.17, 15) is 0 Å². The highest BCUT2D eigenvalue weighted by Crippen LogP contribution is 2.19. The van der Waals surface area contributed by atoms with Crippen LogP contribution in [0.3, 0.4) is 0 Å². The second-order valence-corrected chi connectivity index (χ2v) is 4.33. The van der Waals surface area contributed by atoms with Gasteiger partial charge in [0.1, 0.15) is 0 Å². The van der Waals surface area contributed by atoms with Gasteiger partial charge in [0.05, 0.1) is 0 Å². The van der Waals surface area contributed by atoms with E-state index < -0.39 is 0 Å². The first-order valence-electron chi connectivity index (χ1n) is 5.79. The van der Waals surface area contributed by atoms with E-state index in [-0.39, 0.29) is 0 Å². The summed E-state index contributed by atoms with van der Waals surface area (Å²) >= 11 is 0. The second kappa shape index (κ2) is 5.86. The molecule has 0 aliphatic rings. The Bertz CT molecular complexity index is 279. The van der Waals surface area contributed by atoms with E-state index in [2.05, 4.69) is 43.2 Å². The highest BCUT2D eigenvalue weighted by Gasteiger charge is 2.09. The molecule has 2 atom stereocenters. The highest BCUT2D eigenvalue weighted by atomic mass is 14.9. The van der Waals surface area contributed by atoms with Crippen molar-refractivity contribution in [3.8, 4) is 0 Å². The second-order valence-electron chi connectivity index (χ2n) is 4.33. The van der Waals surface area contributed by atoms with Crippen molar-refractivity contribution in [3.63, 3.8) is 0 Å². The van der Waals surface area contributed by atoms with Gasteiger partial charge in [0.25, 0.3) is 0 Å². The number of aryl methyl sites for hydroxylation is 1. The van der Waals surface area contributed by atoms with Crippen LogP contribution in [-0.2, 0) is 0 Å². The zero-order chi connectivity index (χ0) is 11.3. The maximum atomic E-state index is 4.33. The van der Waals surface area contributed by atoms with Gasteiger partial charge in [-0.3, -0.25) is 4.98 Å². The summed E-state index contributed by atoms with van der Waals surface area (Å²) in [7, 11) is 0. The molecule has 0 amide bonds. The summed E-state index contributed by atoms with van der Waals surface area (Å²) in [6.07, 6.45) is 3.16. The van der Waals surface area contributed by atoms with Gasteiger partial charge in [0.15, 0.2) is 0 Å². The Morgan fingerprint density at radius 3 is 2.60 bits per heavy atom. The van der Waals surface area contributed by atoms with Crippen molar-refractivity contribution in [1.29, 1.82) is 0 Å². The van der Waals surface area contributed by atoms with E-state index in [0.717, 1.165) is 12.2 Å². The minimum Gasteiger partial charge on any atom is -0.315 e. The normalized spacial score (nSPS) is 14.9. The molecule has 1 aromatic rings. The lowest BCUT2D eigenvalue weighted by atomic mass is 9.95. The molecule has 0 aliphatic heterocycles. The quantitative estimate of drug-likeness (QED) is 0.801. The average molecular weight is 206 g/mol. The molecule has 15 heavy (non-hydrogen) atoms. The summed E-state index contributed by atoms with van der Waals surface area (Å²) < 4.78 is 0. The SMILES string of the molecule is CCNC(C)CC(C)c1ccc(C)nc1. The maximum absolute atomic E-state index is 4.33. The summed E-state index contributed by atoms with van der Waals surface area (Å²) in [5.41, 5.74) is 2.43. The molecule has 1 aromatic heterocycles. The molecule has 1 rings (SSSR count). The first kappa shape index (κ1) is 12.2. The summed E-state index contributed by atoms with van der Waals surface area (Å²) in [6.45, 7) is 9.71. The number of pyridine rings is 1. The fourth-order valence-electron chi connectivity index (χ4n) is 1.87. The lowest BCUT2D eigenvalue weighted by Gasteiger charge is -2.18. The van der Waals surface area contributed by atoms with Crippen LogP contribution in [0.4, 0.5) is 0 Å². The number of hydrogen-bond donors (Lipinski definition) is 1. The van der Waals surface area contributed by atoms with E-state index >= 15 is 0 Å². The zero-order valence-electron chi connectivity index (χ0n) is 10.2. The predicted octanol–water partition coefficient (Wildman–Crippen LogP) is 2.88. The molecule has 1 N–H and O–H groups in total. The van der Waals surface area contributed by atoms with Crippen LogP contribution in [0.1, 0.15) is 44.4 Å². The fraction of sp³-hybridized carbons (Fsp3) is 0.615. The van der Waals surface area contributed by atoms with Gasteiger partial charge in [-0.15, -0.1) is 0 Å². The molecule has 0 bridgehead atoms. The van der Waals surface area contributed by atoms with Crippen LogP contribution < -0.4 is 5.32 Å². The van der Waals surface area contributed by atoms with Crippen LogP contribution in [0.5, 0.6) is 0 Å². The summed E-state index contributed by atoms with van der Waals surface area (Å²) in [4.78, 5) is 4.33. The third kappa shape index (κ3) is 4.00. The molecule has 0 aromatic carbocycles. The standard InChI is InChI=1S/C13H22N2/c1-5-14-12(4)8-10(2)13-7-6-11(3)15-9-13/h6-7,9-10,12,14H,5,8H2,1-4H3. The van der Waals surface area contributed by atoms with Crippen LogP contribution in [0.2, 0.25) is 0 Å². The van der Waals surface area contributed by atoms with Gasteiger partial charge in [0.2, 0.25) is 0 Å². The van der Waals surface area contributed by atoms with E-state index in [1.54, 1.807) is 0 Å². The van der Waals surface area contributed by atoms with E-state index in [0.29, 0.717) is 12.0 Å². The predicted molar refractivity (Wildman–Crippen MR) is 65.1 cm³/mol. The molecule has 2 nitrogen and oxygen atoms in total. The average Bonchev–Trinajstić information content (AvgIpc) is 2.18. The minimum absolute atomic E-state index is 0.575. The topological polar surface area (TPSA) is 24.9 Å². The molecule has 0 aliphatic carbocycles. The van der Waals surface area contributed by atoms with Gasteiger partial charge in [0, 0.05) is 17.9 Å². The van der Waals surface area contributed by atoms with Gasteiger partial charge in [-0.2, -0.15) is 0 Å². The van der Waals surface area contributed by atoms with Crippen molar-refractivity contribution < 1.29 is 0 Å². The van der Waals surface area contributed by atoms with Crippen LogP contribution in [0.15, 0.2) is 18.3 Å². The molecule has 0 saturated carbocycles. The van der Waals surface area contributed by atoms with Gasteiger partial charge in [-0.05, 0) is 44.4 Å². The highest BCUT2D eigenvalue weighted by molar-refractivity contribution is 5.17. The van der Waals surface area contributed by atoms with Crippen molar-refractivity contribution in [1.82, 2.24) is 10.3 Å². The molecule has 2 heteroatoms. The third-order valence-electron chi connectivity index (χ3n) is 2.76. The van der Waals surface area contributed by atoms with Gasteiger partial charge in [-0.1, -0.05) is 19.9 Å². The number of hydrogen-bond acceptors (Lipinski definition) is 2. The van der Waals surface area contributed by atoms with Crippen molar-refractivity contribution in [3.05, 3.63) is 29.6 Å². The first-order valence-corrected chi connectivity index (χ1v) is 5.79. The lowest BCUT2D eigenvalue weighted by molar-refractivity contribution is 0.490. The number of nitrogens with one attached hydrogen (secondary N) is 1. The van der Waals surface area contributed by atoms with E-state index in [4.69, 9.17) is 0 Å². The molecule has 0 radical (unpaired) electrons. The van der Waals surface area contributed by atoms with E-state index in [1.807, 2.05) is 13.1 Å². The zero-order valence-corrected chi connectivity index (χ0v) is 10.2. The summed E-state index contributed by atoms with van der Waals surface area (Å²) in [6, 6.07) is 4.85. The molecular weight excluding hydrogens is 184 g/mol. The number of rotatable bonds is 5. The number of aromatic nitrogens is 1. The number of nitrogens with zero attached hydrogens (tertiary/aromatic N) is 1. The minimum atomic E-state index is 0.575. The van der Waals surface area contributed by atoms with Crippen molar-refractivity contribution in [2.24, 2.45) is 0 Å². The van der Waals surface area contributed by atoms with Crippen LogP contribution in [0, 0.1) is 6.92 Å². The Hall–Kier alpha value is -0.890. The molecular formula is C13H22N2. The van der Waals surface area contributed by atoms with Gasteiger partial charge in [-0.25, -0.2) is 0 Å². The fourth-order valence-corrected chi connectivity index (χ4v) is 1.87. The van der Waals surface area contributed by atoms with Crippen molar-refractivity contribution in [2.45, 2.75) is 46.1 Å². The van der Waals surface area contributed by atoms with Crippen LogP contribution >= 0.6 is 0 Å². The Labute approximate surface area is 93.1 Å². The smallest absolute Gasteiger partial charge is 0.0372 e. The van der Waals surface area contributed by atoms with Gasteiger partial charge >= 0.3 is 0 Å². The monoisotopic (exact) mass is 206 g/mol. The maximum Gasteiger partial charge on any atom is 0.0372 e. The molecule has 84 valence electrons. The Morgan fingerprint density at radius 1 is 1.33 bits per heavy atom. The van der Waals surface area contributed by atoms with Crippen LogP contribution in [0.25, 0.3) is 0 Å². The summed E-state index contributed by atoms with van der Waals surface area (Å²) in [5.74, 6) is 0.576. The Kier molecular flexibility index (Phi) is 4.76. The van der Waals surface area contributed by atoms with Crippen molar-refractivity contribution >= 4 is 0 Å². The molecule has 0 saturated heterocycles. The Morgan fingerprint density at radius 2 is 2.07 bits per heavy atom. The van der Waals surface area contributed by atoms with Crippen LogP contribution in [-0.4, -0.2) is 17.6 Å². The largest absolute Gasteiger partial charge is 0.315 e. The lowest BCUT2D eigenvalue weighted by Crippen LogP contribution is -2.26. The molecule has 0 spiro atoms. The molecule has 1 heterocycles. The molecule has 0 fully saturated rings. The molecule has 2 unspecified atom stereocenters. The van der Waals surface area contributed by atoms with E-state index in [1.165, 1.54) is 12.0 Å². The Balaban J connectivity index is 2.53. The third-order valence-corrected chi connectivity index (χ3v) is 2.76. The van der Waals surface area contributed by atoms with Crippen molar-refractivity contribution in [2.75, 3.05) is 6.54 Å². The van der Waals surface area contributed by atoms with Gasteiger partial charge < -0.3 is 5.32 Å². The first-order chi connectivity index (χ1) is 7.13.